The molecule has 0 bridgehead atoms. The number of amides is 1. The highest BCUT2D eigenvalue weighted by Gasteiger charge is 2.34. The number of hydrogen-bond acceptors (Lipinski definition) is 7. The molecular formula is C22H21F2N7O3. The SMILES string of the molecule is CC(=O)Nc1ccc(OCc2cn(CC(O)(Cn3cncn3)c3ccc(F)cc3F)nn2)cc1. The highest BCUT2D eigenvalue weighted by atomic mass is 19.1. The fourth-order valence-electron chi connectivity index (χ4n) is 3.41. The normalized spacial score (nSPS) is 12.8. The number of aliphatic hydroxyl groups is 1. The summed E-state index contributed by atoms with van der Waals surface area (Å²) in [5.74, 6) is -1.27. The van der Waals surface area contributed by atoms with E-state index in [1.54, 1.807) is 30.5 Å². The van der Waals surface area contributed by atoms with Crippen LogP contribution < -0.4 is 10.1 Å². The molecule has 1 atom stereocenters. The molecule has 1 amide bonds. The van der Waals surface area contributed by atoms with Gasteiger partial charge in [0.1, 0.15) is 47.9 Å². The smallest absolute Gasteiger partial charge is 0.221 e. The Morgan fingerprint density at radius 1 is 1.15 bits per heavy atom. The summed E-state index contributed by atoms with van der Waals surface area (Å²) in [5.41, 5.74) is -0.826. The minimum Gasteiger partial charge on any atom is -0.487 e. The lowest BCUT2D eigenvalue weighted by molar-refractivity contribution is -0.114. The highest BCUT2D eigenvalue weighted by molar-refractivity contribution is 5.88. The lowest BCUT2D eigenvalue weighted by Crippen LogP contribution is -2.37. The molecule has 10 nitrogen and oxygen atoms in total. The third-order valence-electron chi connectivity index (χ3n) is 4.89. The van der Waals surface area contributed by atoms with Crippen molar-refractivity contribution < 1.29 is 23.4 Å². The van der Waals surface area contributed by atoms with Crippen molar-refractivity contribution in [1.29, 1.82) is 0 Å². The number of aromatic nitrogens is 6. The summed E-state index contributed by atoms with van der Waals surface area (Å²) in [6.45, 7) is 1.17. The van der Waals surface area contributed by atoms with Gasteiger partial charge in [0.15, 0.2) is 0 Å². The van der Waals surface area contributed by atoms with Gasteiger partial charge in [-0.05, 0) is 30.3 Å². The molecule has 0 aliphatic heterocycles. The summed E-state index contributed by atoms with van der Waals surface area (Å²) in [4.78, 5) is 14.9. The number of carbonyl (C=O) groups is 1. The van der Waals surface area contributed by atoms with Crippen molar-refractivity contribution in [3.8, 4) is 5.75 Å². The van der Waals surface area contributed by atoms with Crippen LogP contribution >= 0.6 is 0 Å². The molecule has 34 heavy (non-hydrogen) atoms. The Morgan fingerprint density at radius 3 is 2.59 bits per heavy atom. The molecule has 176 valence electrons. The summed E-state index contributed by atoms with van der Waals surface area (Å²) in [5, 5.41) is 26.0. The Labute approximate surface area is 192 Å². The first kappa shape index (κ1) is 23.0. The monoisotopic (exact) mass is 469 g/mol. The second kappa shape index (κ2) is 9.75. The van der Waals surface area contributed by atoms with Crippen molar-refractivity contribution in [2.45, 2.75) is 32.2 Å². The van der Waals surface area contributed by atoms with E-state index in [1.807, 2.05) is 0 Å². The Hall–Kier alpha value is -4.19. The molecule has 1 unspecified atom stereocenters. The van der Waals surface area contributed by atoms with E-state index in [-0.39, 0.29) is 31.2 Å². The predicted octanol–water partition coefficient (Wildman–Crippen LogP) is 2.27. The van der Waals surface area contributed by atoms with Crippen LogP contribution in [0.4, 0.5) is 14.5 Å². The van der Waals surface area contributed by atoms with Crippen LogP contribution in [-0.2, 0) is 30.1 Å². The van der Waals surface area contributed by atoms with Gasteiger partial charge in [0.05, 0.1) is 19.3 Å². The molecule has 2 N–H and O–H groups in total. The van der Waals surface area contributed by atoms with Crippen LogP contribution in [0.3, 0.4) is 0 Å². The van der Waals surface area contributed by atoms with Gasteiger partial charge in [-0.1, -0.05) is 11.3 Å². The van der Waals surface area contributed by atoms with Gasteiger partial charge in [-0.2, -0.15) is 5.10 Å². The van der Waals surface area contributed by atoms with E-state index < -0.39 is 17.2 Å². The molecule has 0 saturated carbocycles. The largest absolute Gasteiger partial charge is 0.487 e. The van der Waals surface area contributed by atoms with Crippen LogP contribution in [0, 0.1) is 11.6 Å². The quantitative estimate of drug-likeness (QED) is 0.386. The van der Waals surface area contributed by atoms with Gasteiger partial charge >= 0.3 is 0 Å². The zero-order valence-corrected chi connectivity index (χ0v) is 18.1. The molecule has 4 aromatic rings. The molecule has 4 rings (SSSR count). The van der Waals surface area contributed by atoms with Crippen LogP contribution in [-0.4, -0.2) is 40.8 Å². The van der Waals surface area contributed by atoms with Crippen LogP contribution in [0.5, 0.6) is 5.75 Å². The number of anilines is 1. The molecule has 2 aromatic carbocycles. The van der Waals surface area contributed by atoms with Crippen LogP contribution in [0.2, 0.25) is 0 Å². The van der Waals surface area contributed by atoms with Gasteiger partial charge < -0.3 is 15.2 Å². The topological polar surface area (TPSA) is 120 Å². The number of rotatable bonds is 9. The zero-order chi connectivity index (χ0) is 24.1. The van der Waals surface area contributed by atoms with Crippen molar-refractivity contribution in [2.24, 2.45) is 0 Å². The van der Waals surface area contributed by atoms with Crippen molar-refractivity contribution in [3.63, 3.8) is 0 Å². The van der Waals surface area contributed by atoms with Crippen molar-refractivity contribution in [3.05, 3.63) is 84.2 Å². The molecule has 0 saturated heterocycles. The van der Waals surface area contributed by atoms with Gasteiger partial charge in [0, 0.05) is 24.2 Å². The second-order valence-corrected chi connectivity index (χ2v) is 7.65. The maximum absolute atomic E-state index is 14.6. The van der Waals surface area contributed by atoms with Gasteiger partial charge in [0.2, 0.25) is 5.91 Å². The van der Waals surface area contributed by atoms with E-state index in [0.717, 1.165) is 6.07 Å². The maximum Gasteiger partial charge on any atom is 0.221 e. The van der Waals surface area contributed by atoms with Gasteiger partial charge in [-0.25, -0.2) is 23.1 Å². The minimum absolute atomic E-state index is 0.0892. The van der Waals surface area contributed by atoms with E-state index in [4.69, 9.17) is 4.74 Å². The molecule has 0 aliphatic rings. The minimum atomic E-state index is -1.82. The van der Waals surface area contributed by atoms with Crippen LogP contribution in [0.25, 0.3) is 0 Å². The summed E-state index contributed by atoms with van der Waals surface area (Å²) < 4.78 is 36.4. The molecule has 0 spiro atoms. The number of benzene rings is 2. The zero-order valence-electron chi connectivity index (χ0n) is 18.1. The first-order valence-electron chi connectivity index (χ1n) is 10.2. The summed E-state index contributed by atoms with van der Waals surface area (Å²) in [6.07, 6.45) is 4.22. The predicted molar refractivity (Wildman–Crippen MR) is 115 cm³/mol. The van der Waals surface area contributed by atoms with Crippen molar-refractivity contribution in [1.82, 2.24) is 29.8 Å². The fraction of sp³-hybridized carbons (Fsp3) is 0.227. The summed E-state index contributed by atoms with van der Waals surface area (Å²) in [6, 6.07) is 9.77. The van der Waals surface area contributed by atoms with E-state index in [2.05, 4.69) is 25.7 Å². The number of ether oxygens (including phenoxy) is 1. The average molecular weight is 469 g/mol. The Morgan fingerprint density at radius 2 is 1.91 bits per heavy atom. The third kappa shape index (κ3) is 5.59. The van der Waals surface area contributed by atoms with Crippen LogP contribution in [0.15, 0.2) is 61.3 Å². The number of halogens is 2. The first-order valence-corrected chi connectivity index (χ1v) is 10.2. The van der Waals surface area contributed by atoms with Crippen LogP contribution in [0.1, 0.15) is 18.2 Å². The lowest BCUT2D eigenvalue weighted by atomic mass is 9.93. The summed E-state index contributed by atoms with van der Waals surface area (Å²) in [7, 11) is 0. The number of nitrogens with one attached hydrogen (secondary N) is 1. The summed E-state index contributed by atoms with van der Waals surface area (Å²) >= 11 is 0. The third-order valence-corrected chi connectivity index (χ3v) is 4.89. The second-order valence-electron chi connectivity index (χ2n) is 7.65. The van der Waals surface area contributed by atoms with E-state index >= 15 is 0 Å². The van der Waals surface area contributed by atoms with Crippen molar-refractivity contribution in [2.75, 3.05) is 5.32 Å². The molecule has 0 aliphatic carbocycles. The fourth-order valence-corrected chi connectivity index (χ4v) is 3.41. The molecule has 2 aromatic heterocycles. The molecule has 2 heterocycles. The van der Waals surface area contributed by atoms with Gasteiger partial charge in [0.25, 0.3) is 0 Å². The molecule has 0 radical (unpaired) electrons. The van der Waals surface area contributed by atoms with E-state index in [9.17, 15) is 18.7 Å². The van der Waals surface area contributed by atoms with Gasteiger partial charge in [-0.3, -0.25) is 4.79 Å². The Balaban J connectivity index is 1.47. The lowest BCUT2D eigenvalue weighted by Gasteiger charge is -2.28. The molecular weight excluding hydrogens is 448 g/mol. The standard InChI is InChI=1S/C22H21F2N7O3/c1-15(32)27-17-3-5-19(6-4-17)34-10-18-9-30(29-28-18)11-22(33,12-31-14-25-13-26-31)20-7-2-16(23)8-21(20)24/h2-9,13-14,33H,10-12H2,1H3,(H,27,32). The van der Waals surface area contributed by atoms with E-state index in [1.165, 1.54) is 35.0 Å². The maximum atomic E-state index is 14.6. The van der Waals surface area contributed by atoms with E-state index in [0.29, 0.717) is 23.2 Å². The molecule has 12 heteroatoms. The van der Waals surface area contributed by atoms with Crippen molar-refractivity contribution >= 4 is 11.6 Å². The number of hydrogen-bond donors (Lipinski definition) is 2. The number of nitrogens with zero attached hydrogens (tertiary/aromatic N) is 6. The highest BCUT2D eigenvalue weighted by Crippen LogP contribution is 2.28. The first-order chi connectivity index (χ1) is 16.3. The number of carbonyl (C=O) groups excluding carboxylic acids is 1. The Bertz CT molecular complexity index is 1260. The molecule has 0 fully saturated rings. The average Bonchev–Trinajstić information content (AvgIpc) is 3.44. The van der Waals surface area contributed by atoms with Gasteiger partial charge in [-0.15, -0.1) is 5.10 Å². The Kier molecular flexibility index (Phi) is 6.59.